The molecule has 0 radical (unpaired) electrons. The van der Waals surface area contributed by atoms with Crippen molar-refractivity contribution in [2.75, 3.05) is 55.6 Å². The second-order valence-corrected chi connectivity index (χ2v) is 11.2. The Bertz CT molecular complexity index is 740. The van der Waals surface area contributed by atoms with Crippen LogP contribution in [0.5, 0.6) is 0 Å². The van der Waals surface area contributed by atoms with Gasteiger partial charge in [0.1, 0.15) is 0 Å². The highest BCUT2D eigenvalue weighted by atomic mass is 35.5. The summed E-state index contributed by atoms with van der Waals surface area (Å²) in [6, 6.07) is 7.44. The Balaban J connectivity index is 0.00000324. The summed E-state index contributed by atoms with van der Waals surface area (Å²) < 4.78 is 6.03. The zero-order valence-corrected chi connectivity index (χ0v) is 23.3. The molecular formula is C29H50ClN3O. The first-order valence-electron chi connectivity index (χ1n) is 14.0. The van der Waals surface area contributed by atoms with Crippen LogP contribution in [0.15, 0.2) is 18.2 Å². The molecule has 0 bridgehead atoms. The molecular weight excluding hydrogens is 442 g/mol. The van der Waals surface area contributed by atoms with Crippen molar-refractivity contribution in [2.24, 2.45) is 5.41 Å². The third kappa shape index (κ3) is 6.23. The lowest BCUT2D eigenvalue weighted by Gasteiger charge is -2.42. The second-order valence-electron chi connectivity index (χ2n) is 11.2. The summed E-state index contributed by atoms with van der Waals surface area (Å²) in [6.45, 7) is 19.5. The summed E-state index contributed by atoms with van der Waals surface area (Å²) in [6.07, 6.45) is 10.0. The van der Waals surface area contributed by atoms with Gasteiger partial charge in [-0.3, -0.25) is 4.90 Å². The smallest absolute Gasteiger partial charge is 0.0726 e. The van der Waals surface area contributed by atoms with E-state index in [0.29, 0.717) is 23.5 Å². The van der Waals surface area contributed by atoms with Crippen LogP contribution in [-0.4, -0.2) is 62.9 Å². The number of halogens is 1. The SMILES string of the molecule is CCCN1CCN(c2ccc(N3CC(C)OC(C)C3)cc2C2CCC(CC)(CC)CC2)CC1.Cl. The van der Waals surface area contributed by atoms with Gasteiger partial charge in [-0.15, -0.1) is 12.4 Å². The molecule has 2 atom stereocenters. The van der Waals surface area contributed by atoms with Gasteiger partial charge in [0, 0.05) is 50.6 Å². The van der Waals surface area contributed by atoms with E-state index >= 15 is 0 Å². The average Bonchev–Trinajstić information content (AvgIpc) is 2.84. The number of hydrogen-bond donors (Lipinski definition) is 0. The Morgan fingerprint density at radius 3 is 2.06 bits per heavy atom. The van der Waals surface area contributed by atoms with Crippen LogP contribution in [0.3, 0.4) is 0 Å². The predicted molar refractivity (Wildman–Crippen MR) is 149 cm³/mol. The first-order chi connectivity index (χ1) is 16.0. The van der Waals surface area contributed by atoms with Gasteiger partial charge in [-0.2, -0.15) is 0 Å². The lowest BCUT2D eigenvalue weighted by atomic mass is 9.66. The summed E-state index contributed by atoms with van der Waals surface area (Å²) in [5.41, 5.74) is 5.15. The number of hydrogen-bond acceptors (Lipinski definition) is 4. The number of nitrogens with zero attached hydrogens (tertiary/aromatic N) is 3. The topological polar surface area (TPSA) is 19.0 Å². The molecule has 1 aromatic rings. The van der Waals surface area contributed by atoms with E-state index in [1.165, 1.54) is 89.0 Å². The van der Waals surface area contributed by atoms with Crippen LogP contribution in [0.2, 0.25) is 0 Å². The van der Waals surface area contributed by atoms with E-state index in [1.807, 2.05) is 0 Å². The van der Waals surface area contributed by atoms with Crippen LogP contribution in [0, 0.1) is 5.41 Å². The van der Waals surface area contributed by atoms with Gasteiger partial charge in [-0.05, 0) is 87.6 Å². The van der Waals surface area contributed by atoms with Crippen molar-refractivity contribution in [2.45, 2.75) is 97.7 Å². The Kier molecular flexibility index (Phi) is 10.0. The minimum absolute atomic E-state index is 0. The maximum atomic E-state index is 6.03. The summed E-state index contributed by atoms with van der Waals surface area (Å²) in [4.78, 5) is 7.90. The maximum Gasteiger partial charge on any atom is 0.0726 e. The van der Waals surface area contributed by atoms with E-state index in [4.69, 9.17) is 4.74 Å². The van der Waals surface area contributed by atoms with Crippen LogP contribution in [0.25, 0.3) is 0 Å². The molecule has 5 heteroatoms. The molecule has 0 spiro atoms. The molecule has 4 nitrogen and oxygen atoms in total. The fourth-order valence-corrected chi connectivity index (χ4v) is 6.77. The van der Waals surface area contributed by atoms with Crippen LogP contribution in [0.1, 0.15) is 91.0 Å². The quantitative estimate of drug-likeness (QED) is 0.421. The second kappa shape index (κ2) is 12.3. The standard InChI is InChI=1S/C29H49N3O.ClH/c1-6-15-30-16-18-31(19-17-30)28-10-9-26(32-21-23(4)33-24(5)22-32)20-27(28)25-11-13-29(7-2,8-3)14-12-25;/h9-10,20,23-25H,6-8,11-19,21-22H2,1-5H3;1H. The number of rotatable bonds is 7. The van der Waals surface area contributed by atoms with Gasteiger partial charge in [-0.25, -0.2) is 0 Å². The highest BCUT2D eigenvalue weighted by Crippen LogP contribution is 2.49. The maximum absolute atomic E-state index is 6.03. The zero-order valence-electron chi connectivity index (χ0n) is 22.5. The fourth-order valence-electron chi connectivity index (χ4n) is 6.77. The van der Waals surface area contributed by atoms with Crippen LogP contribution < -0.4 is 9.80 Å². The third-order valence-electron chi connectivity index (χ3n) is 9.03. The van der Waals surface area contributed by atoms with Gasteiger partial charge >= 0.3 is 0 Å². The van der Waals surface area contributed by atoms with Crippen LogP contribution >= 0.6 is 12.4 Å². The molecule has 0 N–H and O–H groups in total. The molecule has 2 saturated heterocycles. The summed E-state index contributed by atoms with van der Waals surface area (Å²) in [5, 5.41) is 0. The van der Waals surface area contributed by atoms with Crippen molar-refractivity contribution in [1.29, 1.82) is 0 Å². The molecule has 3 aliphatic rings. The van der Waals surface area contributed by atoms with E-state index in [-0.39, 0.29) is 12.4 Å². The number of ether oxygens (including phenoxy) is 1. The molecule has 2 heterocycles. The van der Waals surface area contributed by atoms with E-state index in [0.717, 1.165) is 13.1 Å². The molecule has 4 rings (SSSR count). The Hall–Kier alpha value is -0.970. The Morgan fingerprint density at radius 2 is 1.50 bits per heavy atom. The fraction of sp³-hybridized carbons (Fsp3) is 0.793. The highest BCUT2D eigenvalue weighted by molar-refractivity contribution is 5.85. The number of anilines is 2. The predicted octanol–water partition coefficient (Wildman–Crippen LogP) is 6.72. The van der Waals surface area contributed by atoms with Crippen molar-refractivity contribution in [3.05, 3.63) is 23.8 Å². The molecule has 1 saturated carbocycles. The molecule has 34 heavy (non-hydrogen) atoms. The Morgan fingerprint density at radius 1 is 0.882 bits per heavy atom. The largest absolute Gasteiger partial charge is 0.372 e. The molecule has 3 fully saturated rings. The van der Waals surface area contributed by atoms with Crippen LogP contribution in [-0.2, 0) is 4.74 Å². The number of morpholine rings is 1. The first-order valence-corrected chi connectivity index (χ1v) is 14.0. The number of benzene rings is 1. The van der Waals surface area contributed by atoms with Gasteiger partial charge in [0.05, 0.1) is 12.2 Å². The van der Waals surface area contributed by atoms with E-state index < -0.39 is 0 Å². The van der Waals surface area contributed by atoms with Crippen molar-refractivity contribution in [1.82, 2.24) is 4.90 Å². The summed E-state index contributed by atoms with van der Waals surface area (Å²) in [7, 11) is 0. The average molecular weight is 492 g/mol. The molecule has 0 aromatic heterocycles. The normalized spacial score (nSPS) is 26.4. The molecule has 1 aromatic carbocycles. The lowest BCUT2D eigenvalue weighted by molar-refractivity contribution is -0.00522. The van der Waals surface area contributed by atoms with Crippen molar-refractivity contribution < 1.29 is 4.74 Å². The number of piperazine rings is 1. The molecule has 0 amide bonds. The van der Waals surface area contributed by atoms with Gasteiger partial charge in [-0.1, -0.05) is 33.6 Å². The van der Waals surface area contributed by atoms with Crippen LogP contribution in [0.4, 0.5) is 11.4 Å². The molecule has 2 aliphatic heterocycles. The summed E-state index contributed by atoms with van der Waals surface area (Å²) in [5.74, 6) is 0.704. The van der Waals surface area contributed by atoms with E-state index in [9.17, 15) is 0 Å². The van der Waals surface area contributed by atoms with E-state index in [1.54, 1.807) is 5.56 Å². The van der Waals surface area contributed by atoms with Gasteiger partial charge in [0.25, 0.3) is 0 Å². The minimum atomic E-state index is 0. The molecule has 194 valence electrons. The first kappa shape index (κ1) is 27.6. The monoisotopic (exact) mass is 491 g/mol. The lowest BCUT2D eigenvalue weighted by Crippen LogP contribution is -2.47. The summed E-state index contributed by atoms with van der Waals surface area (Å²) >= 11 is 0. The molecule has 2 unspecified atom stereocenters. The third-order valence-corrected chi connectivity index (χ3v) is 9.03. The van der Waals surface area contributed by atoms with Gasteiger partial charge in [0.15, 0.2) is 0 Å². The molecule has 1 aliphatic carbocycles. The van der Waals surface area contributed by atoms with Crippen molar-refractivity contribution >= 4 is 23.8 Å². The van der Waals surface area contributed by atoms with Crippen molar-refractivity contribution in [3.63, 3.8) is 0 Å². The van der Waals surface area contributed by atoms with Gasteiger partial charge in [0.2, 0.25) is 0 Å². The van der Waals surface area contributed by atoms with Gasteiger partial charge < -0.3 is 14.5 Å². The van der Waals surface area contributed by atoms with Crippen molar-refractivity contribution in [3.8, 4) is 0 Å². The minimum Gasteiger partial charge on any atom is -0.372 e. The highest BCUT2D eigenvalue weighted by Gasteiger charge is 2.34. The zero-order chi connectivity index (χ0) is 23.4. The Labute approximate surface area is 215 Å². The van der Waals surface area contributed by atoms with E-state index in [2.05, 4.69) is 67.5 Å².